The first-order chi connectivity index (χ1) is 5.88. The molecule has 0 aromatic rings. The van der Waals surface area contributed by atoms with E-state index in [1.807, 2.05) is 36.4 Å². The Hall–Kier alpha value is -0.670. The summed E-state index contributed by atoms with van der Waals surface area (Å²) in [6.07, 6.45) is 0. The number of benzene rings is 1. The fraction of sp³-hybridized carbons (Fsp3) is 0. The van der Waals surface area contributed by atoms with Crippen LogP contribution < -0.4 is 5.43 Å². The van der Waals surface area contributed by atoms with Gasteiger partial charge < -0.3 is 0 Å². The molecule has 74 valence electrons. The fourth-order valence-corrected chi connectivity index (χ4v) is 1.26. The Morgan fingerprint density at radius 1 is 0.714 bits per heavy atom. The van der Waals surface area contributed by atoms with Crippen LogP contribution in [0.25, 0.3) is 11.1 Å². The van der Waals surface area contributed by atoms with Crippen LogP contribution in [-0.2, 0) is 0 Å². The van der Waals surface area contributed by atoms with E-state index in [2.05, 4.69) is 0 Å². The largest absolute Gasteiger partial charge is 0.289 e. The molecule has 0 atom stereocenters. The summed E-state index contributed by atoms with van der Waals surface area (Å²) in [6, 6.07) is 14.8. The molecule has 2 aliphatic carbocycles. The molecule has 0 heterocycles. The van der Waals surface area contributed by atoms with Gasteiger partial charge in [-0.05, 0) is 11.6 Å². The van der Waals surface area contributed by atoms with E-state index in [4.69, 9.17) is 0 Å². The van der Waals surface area contributed by atoms with Crippen LogP contribution in [0.5, 0.6) is 0 Å². The summed E-state index contributed by atoms with van der Waals surface area (Å²) >= 11 is 0. The van der Waals surface area contributed by atoms with Gasteiger partial charge in [-0.1, -0.05) is 42.5 Å². The Kier molecular flexibility index (Phi) is 5.65. The highest BCUT2D eigenvalue weighted by molar-refractivity contribution is 8.93. The maximum absolute atomic E-state index is 11.3. The van der Waals surface area contributed by atoms with E-state index >= 15 is 0 Å². The summed E-state index contributed by atoms with van der Waals surface area (Å²) in [5.41, 5.74) is 1.86. The molecule has 2 aliphatic rings. The lowest BCUT2D eigenvalue weighted by atomic mass is 10.1. The number of halogens is 2. The summed E-state index contributed by atoms with van der Waals surface area (Å²) in [7, 11) is 0. The first-order valence-electron chi connectivity index (χ1n) is 3.86. The van der Waals surface area contributed by atoms with Crippen molar-refractivity contribution in [3.63, 3.8) is 0 Å². The molecule has 0 radical (unpaired) electrons. The maximum Gasteiger partial charge on any atom is 0.186 e. The maximum atomic E-state index is 11.3. The Balaban J connectivity index is 0.000000845. The van der Waals surface area contributed by atoms with Crippen molar-refractivity contribution in [3.05, 3.63) is 58.8 Å². The van der Waals surface area contributed by atoms with Crippen LogP contribution in [0.2, 0.25) is 0 Å². The molecular weight excluding hydrogens is 308 g/mol. The topological polar surface area (TPSA) is 17.1 Å². The lowest BCUT2D eigenvalue weighted by Crippen LogP contribution is -2.00. The molecule has 2 rings (SSSR count). The summed E-state index contributed by atoms with van der Waals surface area (Å²) in [5, 5.41) is 0. The molecule has 0 aromatic heterocycles. The van der Waals surface area contributed by atoms with Gasteiger partial charge in [0.2, 0.25) is 0 Å². The SMILES string of the molecule is Br.Br.O=c1cccc2cccccc1-2. The summed E-state index contributed by atoms with van der Waals surface area (Å²) in [6.45, 7) is 0. The van der Waals surface area contributed by atoms with E-state index in [9.17, 15) is 4.79 Å². The van der Waals surface area contributed by atoms with Gasteiger partial charge in [0.05, 0.1) is 0 Å². The lowest BCUT2D eigenvalue weighted by Gasteiger charge is -1.95. The van der Waals surface area contributed by atoms with Gasteiger partial charge in [0.1, 0.15) is 0 Å². The number of hydrogen-bond acceptors (Lipinski definition) is 1. The highest BCUT2D eigenvalue weighted by Gasteiger charge is 1.99. The third-order valence-electron chi connectivity index (χ3n) is 1.86. The van der Waals surface area contributed by atoms with Gasteiger partial charge in [-0.3, -0.25) is 4.79 Å². The number of hydrogen-bond donors (Lipinski definition) is 0. The van der Waals surface area contributed by atoms with Crippen molar-refractivity contribution in [1.82, 2.24) is 0 Å². The molecule has 0 aliphatic heterocycles. The summed E-state index contributed by atoms with van der Waals surface area (Å²) in [4.78, 5) is 11.3. The van der Waals surface area contributed by atoms with Crippen molar-refractivity contribution in [2.24, 2.45) is 0 Å². The molecule has 0 amide bonds. The minimum atomic E-state index is 0. The van der Waals surface area contributed by atoms with Crippen LogP contribution in [-0.4, -0.2) is 0 Å². The Morgan fingerprint density at radius 3 is 2.14 bits per heavy atom. The average molecular weight is 318 g/mol. The van der Waals surface area contributed by atoms with Crippen LogP contribution in [0.15, 0.2) is 53.3 Å². The molecule has 0 aromatic carbocycles. The van der Waals surface area contributed by atoms with Crippen molar-refractivity contribution in [2.75, 3.05) is 0 Å². The standard InChI is InChI=1S/C11H8O.2BrH/c12-11-8-4-6-9-5-2-1-3-7-10(9)11;;/h1-8H;2*1H. The molecule has 0 unspecified atom stereocenters. The second-order valence-corrected chi connectivity index (χ2v) is 2.67. The van der Waals surface area contributed by atoms with Crippen molar-refractivity contribution in [2.45, 2.75) is 0 Å². The molecule has 0 N–H and O–H groups in total. The normalized spacial score (nSPS) is 8.57. The molecule has 0 saturated carbocycles. The molecule has 0 bridgehead atoms. The lowest BCUT2D eigenvalue weighted by molar-refractivity contribution is 1.56. The van der Waals surface area contributed by atoms with Gasteiger partial charge in [-0.15, -0.1) is 34.0 Å². The molecule has 0 saturated heterocycles. The predicted octanol–water partition coefficient (Wildman–Crippen LogP) is 3.31. The molecule has 14 heavy (non-hydrogen) atoms. The third kappa shape index (κ3) is 2.66. The summed E-state index contributed by atoms with van der Waals surface area (Å²) in [5.74, 6) is 0. The molecule has 0 fully saturated rings. The minimum Gasteiger partial charge on any atom is -0.289 e. The van der Waals surface area contributed by atoms with E-state index in [1.54, 1.807) is 12.1 Å². The zero-order chi connectivity index (χ0) is 8.39. The second-order valence-electron chi connectivity index (χ2n) is 2.67. The van der Waals surface area contributed by atoms with E-state index in [0.717, 1.165) is 11.1 Å². The molecule has 1 nitrogen and oxygen atoms in total. The zero-order valence-electron chi connectivity index (χ0n) is 7.34. The van der Waals surface area contributed by atoms with Crippen molar-refractivity contribution in [3.8, 4) is 11.1 Å². The van der Waals surface area contributed by atoms with Crippen LogP contribution in [0.1, 0.15) is 0 Å². The first kappa shape index (κ1) is 13.3. The summed E-state index contributed by atoms with van der Waals surface area (Å²) < 4.78 is 0. The average Bonchev–Trinajstić information content (AvgIpc) is 2.30. The van der Waals surface area contributed by atoms with Crippen molar-refractivity contribution < 1.29 is 0 Å². The Morgan fingerprint density at radius 2 is 1.36 bits per heavy atom. The van der Waals surface area contributed by atoms with Crippen LogP contribution in [0.3, 0.4) is 0 Å². The Bertz CT molecular complexity index is 428. The minimum absolute atomic E-state index is 0. The van der Waals surface area contributed by atoms with Crippen LogP contribution >= 0.6 is 34.0 Å². The monoisotopic (exact) mass is 316 g/mol. The second kappa shape index (κ2) is 5.94. The molecular formula is C11H10Br2O. The van der Waals surface area contributed by atoms with Gasteiger partial charge in [0.15, 0.2) is 5.43 Å². The first-order valence-corrected chi connectivity index (χ1v) is 3.86. The third-order valence-corrected chi connectivity index (χ3v) is 1.86. The Labute approximate surface area is 104 Å². The highest BCUT2D eigenvalue weighted by Crippen LogP contribution is 2.13. The van der Waals surface area contributed by atoms with Gasteiger partial charge in [0.25, 0.3) is 0 Å². The molecule has 3 heteroatoms. The van der Waals surface area contributed by atoms with E-state index in [0.29, 0.717) is 0 Å². The van der Waals surface area contributed by atoms with Gasteiger partial charge in [-0.2, -0.15) is 0 Å². The zero-order valence-corrected chi connectivity index (χ0v) is 10.8. The van der Waals surface area contributed by atoms with E-state index < -0.39 is 0 Å². The van der Waals surface area contributed by atoms with E-state index in [1.165, 1.54) is 0 Å². The van der Waals surface area contributed by atoms with Crippen LogP contribution in [0, 0.1) is 0 Å². The number of fused-ring (bicyclic) bond motifs is 1. The van der Waals surface area contributed by atoms with Gasteiger partial charge in [-0.25, -0.2) is 0 Å². The van der Waals surface area contributed by atoms with Crippen LogP contribution in [0.4, 0.5) is 0 Å². The van der Waals surface area contributed by atoms with Gasteiger partial charge >= 0.3 is 0 Å². The van der Waals surface area contributed by atoms with Crippen molar-refractivity contribution >= 4 is 34.0 Å². The fourth-order valence-electron chi connectivity index (χ4n) is 1.26. The van der Waals surface area contributed by atoms with Crippen molar-refractivity contribution in [1.29, 1.82) is 0 Å². The molecule has 0 spiro atoms. The highest BCUT2D eigenvalue weighted by atomic mass is 79.9. The quantitative estimate of drug-likeness (QED) is 0.728. The van der Waals surface area contributed by atoms with E-state index in [-0.39, 0.29) is 39.4 Å². The van der Waals surface area contributed by atoms with Gasteiger partial charge in [0, 0.05) is 5.56 Å². The predicted molar refractivity (Wildman–Crippen MR) is 70.0 cm³/mol. The number of rotatable bonds is 0. The smallest absolute Gasteiger partial charge is 0.186 e.